The summed E-state index contributed by atoms with van der Waals surface area (Å²) in [5, 5.41) is 2.91. The van der Waals surface area contributed by atoms with Gasteiger partial charge in [-0.25, -0.2) is 22.9 Å². The summed E-state index contributed by atoms with van der Waals surface area (Å²) in [4.78, 5) is 67.9. The van der Waals surface area contributed by atoms with Crippen LogP contribution < -0.4 is 15.8 Å². The fourth-order valence-electron chi connectivity index (χ4n) is 7.17. The van der Waals surface area contributed by atoms with Crippen molar-refractivity contribution >= 4 is 50.7 Å². The fourth-order valence-corrected chi connectivity index (χ4v) is 8.12. The highest BCUT2D eigenvalue weighted by molar-refractivity contribution is 7.90. The van der Waals surface area contributed by atoms with Crippen LogP contribution in [-0.2, 0) is 44.4 Å². The van der Waals surface area contributed by atoms with Crippen molar-refractivity contribution in [2.75, 3.05) is 20.1 Å². The third kappa shape index (κ3) is 10.5. The van der Waals surface area contributed by atoms with E-state index >= 15 is 0 Å². The number of likely N-dealkylation sites (N-methyl/N-ethyl adjacent to an activating group) is 1. The van der Waals surface area contributed by atoms with Crippen LogP contribution in [-0.4, -0.2) is 95.7 Å². The number of carbonyl (C=O) groups excluding carboxylic acids is 4. The average molecular weight is 835 g/mol. The van der Waals surface area contributed by atoms with Gasteiger partial charge in [-0.3, -0.25) is 24.3 Å². The SMILES string of the molecule is Cc1ccc(S(=O)(=O)NC(N)=NCCC[C@H](NC(=O)[C@@H]2CCCN2C(=O)[C@@H](Cc2ccccc2)N(C)C(=O)OCc2ccccc2)C(=O)c2nc3ccccc3n2C)cc1. The number of fused-ring (bicyclic) bond motifs is 1. The van der Waals surface area contributed by atoms with Crippen LogP contribution in [0.2, 0.25) is 0 Å². The molecule has 4 N–H and O–H groups in total. The van der Waals surface area contributed by atoms with Gasteiger partial charge in [0.05, 0.1) is 22.0 Å². The molecular formula is C44H50N8O7S. The van der Waals surface area contributed by atoms with Gasteiger partial charge in [0.1, 0.15) is 18.7 Å². The van der Waals surface area contributed by atoms with Crippen molar-refractivity contribution in [2.24, 2.45) is 17.8 Å². The normalized spacial score (nSPS) is 15.3. The first kappa shape index (κ1) is 43.0. The van der Waals surface area contributed by atoms with Crippen molar-refractivity contribution in [3.63, 3.8) is 0 Å². The molecule has 0 radical (unpaired) electrons. The van der Waals surface area contributed by atoms with E-state index in [1.165, 1.54) is 29.0 Å². The second-order valence-corrected chi connectivity index (χ2v) is 16.5. The number of likely N-dealkylation sites (tertiary alicyclic amines) is 1. The average Bonchev–Trinajstić information content (AvgIpc) is 3.88. The Morgan fingerprint density at radius 2 is 1.58 bits per heavy atom. The number of hydrogen-bond acceptors (Lipinski definition) is 9. The number of nitrogens with two attached hydrogens (primary N) is 1. The van der Waals surface area contributed by atoms with Crippen LogP contribution in [0.5, 0.6) is 0 Å². The summed E-state index contributed by atoms with van der Waals surface area (Å²) >= 11 is 0. The molecule has 4 aromatic carbocycles. The molecule has 1 fully saturated rings. The number of Topliss-reactive ketones (excluding diaryl/α,β-unsaturated/α-hetero) is 1. The number of para-hydroxylation sites is 2. The van der Waals surface area contributed by atoms with Gasteiger partial charge in [-0.15, -0.1) is 0 Å². The summed E-state index contributed by atoms with van der Waals surface area (Å²) in [6.45, 7) is 2.17. The maximum absolute atomic E-state index is 14.5. The van der Waals surface area contributed by atoms with Gasteiger partial charge >= 0.3 is 6.09 Å². The van der Waals surface area contributed by atoms with E-state index in [-0.39, 0.29) is 55.6 Å². The smallest absolute Gasteiger partial charge is 0.410 e. The number of aromatic nitrogens is 2. The number of amides is 3. The predicted octanol–water partition coefficient (Wildman–Crippen LogP) is 4.49. The Morgan fingerprint density at radius 1 is 0.933 bits per heavy atom. The number of ketones is 1. The van der Waals surface area contributed by atoms with Gasteiger partial charge in [0.25, 0.3) is 10.0 Å². The summed E-state index contributed by atoms with van der Waals surface area (Å²) in [6.07, 6.45) is 0.693. The molecule has 1 saturated heterocycles. The molecule has 0 aliphatic carbocycles. The van der Waals surface area contributed by atoms with Gasteiger partial charge in [-0.2, -0.15) is 0 Å². The zero-order chi connectivity index (χ0) is 42.8. The zero-order valence-electron chi connectivity index (χ0n) is 33.9. The van der Waals surface area contributed by atoms with E-state index in [9.17, 15) is 27.6 Å². The molecule has 6 rings (SSSR count). The topological polar surface area (TPSA) is 198 Å². The number of aryl methyl sites for hydroxylation is 2. The Hall–Kier alpha value is -6.55. The maximum atomic E-state index is 14.5. The number of ether oxygens (including phenoxy) is 1. The third-order valence-corrected chi connectivity index (χ3v) is 11.9. The van der Waals surface area contributed by atoms with Crippen LogP contribution in [0.15, 0.2) is 119 Å². The van der Waals surface area contributed by atoms with Crippen LogP contribution in [0.25, 0.3) is 11.0 Å². The van der Waals surface area contributed by atoms with Crippen molar-refractivity contribution in [1.82, 2.24) is 29.4 Å². The first-order valence-electron chi connectivity index (χ1n) is 19.8. The molecule has 1 aliphatic rings. The summed E-state index contributed by atoms with van der Waals surface area (Å²) in [7, 11) is -0.740. The van der Waals surface area contributed by atoms with Crippen LogP contribution >= 0.6 is 0 Å². The van der Waals surface area contributed by atoms with Crippen LogP contribution in [0.1, 0.15) is 53.0 Å². The minimum atomic E-state index is -3.97. The Kier molecular flexibility index (Phi) is 14.0. The quantitative estimate of drug-likeness (QED) is 0.0555. The highest BCUT2D eigenvalue weighted by atomic mass is 32.2. The minimum absolute atomic E-state index is 0.0208. The second-order valence-electron chi connectivity index (χ2n) is 14.8. The zero-order valence-corrected chi connectivity index (χ0v) is 34.7. The maximum Gasteiger partial charge on any atom is 0.410 e. The van der Waals surface area contributed by atoms with Gasteiger partial charge in [-0.1, -0.05) is 90.5 Å². The molecule has 0 bridgehead atoms. The molecule has 15 nitrogen and oxygen atoms in total. The van der Waals surface area contributed by atoms with Gasteiger partial charge in [0.15, 0.2) is 5.82 Å². The summed E-state index contributed by atoms with van der Waals surface area (Å²) in [5.74, 6) is -1.59. The number of guanidine groups is 1. The van der Waals surface area contributed by atoms with Crippen molar-refractivity contribution in [1.29, 1.82) is 0 Å². The molecule has 60 heavy (non-hydrogen) atoms. The summed E-state index contributed by atoms with van der Waals surface area (Å²) < 4.78 is 35.2. The molecule has 314 valence electrons. The Labute approximate surface area is 349 Å². The van der Waals surface area contributed by atoms with E-state index in [2.05, 4.69) is 20.0 Å². The van der Waals surface area contributed by atoms with Crippen molar-refractivity contribution in [3.05, 3.63) is 132 Å². The van der Waals surface area contributed by atoms with E-state index in [1.54, 1.807) is 29.8 Å². The van der Waals surface area contributed by atoms with E-state index in [1.807, 2.05) is 85.8 Å². The minimum Gasteiger partial charge on any atom is -0.445 e. The number of benzene rings is 4. The van der Waals surface area contributed by atoms with E-state index < -0.39 is 51.8 Å². The predicted molar refractivity (Wildman–Crippen MR) is 227 cm³/mol. The Morgan fingerprint density at radius 3 is 2.27 bits per heavy atom. The molecule has 0 spiro atoms. The molecular weight excluding hydrogens is 785 g/mol. The molecule has 5 aromatic rings. The van der Waals surface area contributed by atoms with Gasteiger partial charge in [-0.05, 0) is 68.0 Å². The lowest BCUT2D eigenvalue weighted by molar-refractivity contribution is -0.142. The van der Waals surface area contributed by atoms with Crippen LogP contribution in [0.3, 0.4) is 0 Å². The van der Waals surface area contributed by atoms with Crippen molar-refractivity contribution in [2.45, 2.75) is 68.7 Å². The molecule has 16 heteroatoms. The van der Waals surface area contributed by atoms with Crippen LogP contribution in [0.4, 0.5) is 4.79 Å². The fraction of sp³-hybridized carbons (Fsp3) is 0.318. The second kappa shape index (κ2) is 19.5. The number of nitrogens with zero attached hydrogens (tertiary/aromatic N) is 5. The number of nitrogens with one attached hydrogen (secondary N) is 2. The molecule has 1 aliphatic heterocycles. The van der Waals surface area contributed by atoms with E-state index in [0.717, 1.165) is 22.2 Å². The number of carbonyl (C=O) groups is 4. The Balaban J connectivity index is 1.18. The number of imidazole rings is 1. The highest BCUT2D eigenvalue weighted by Gasteiger charge is 2.41. The summed E-state index contributed by atoms with van der Waals surface area (Å²) in [5.41, 5.74) is 9.81. The third-order valence-electron chi connectivity index (χ3n) is 10.5. The molecule has 3 amide bonds. The van der Waals surface area contributed by atoms with Gasteiger partial charge < -0.3 is 25.3 Å². The van der Waals surface area contributed by atoms with Crippen LogP contribution in [0, 0.1) is 6.92 Å². The van der Waals surface area contributed by atoms with Gasteiger partial charge in [0, 0.05) is 33.6 Å². The molecule has 1 aromatic heterocycles. The molecule has 3 atom stereocenters. The molecule has 0 saturated carbocycles. The number of sulfonamides is 1. The number of aliphatic imine (C=N–C) groups is 1. The first-order valence-corrected chi connectivity index (χ1v) is 21.2. The highest BCUT2D eigenvalue weighted by Crippen LogP contribution is 2.24. The van der Waals surface area contributed by atoms with E-state index in [4.69, 9.17) is 10.5 Å². The lowest BCUT2D eigenvalue weighted by atomic mass is 10.0. The monoisotopic (exact) mass is 834 g/mol. The lowest BCUT2D eigenvalue weighted by Crippen LogP contribution is -2.56. The number of rotatable bonds is 16. The molecule has 0 unspecified atom stereocenters. The number of hydrogen-bond donors (Lipinski definition) is 3. The lowest BCUT2D eigenvalue weighted by Gasteiger charge is -2.33. The van der Waals surface area contributed by atoms with Crippen molar-refractivity contribution < 1.29 is 32.3 Å². The van der Waals surface area contributed by atoms with Gasteiger partial charge in [0.2, 0.25) is 23.6 Å². The standard InChI is InChI=1S/C44H50N8O7S/c1-30-22-24-33(25-23-30)60(57,58)49-43(45)46-26-12-19-35(39(53)40-47-34-18-10-11-20-36(34)50(40)2)48-41(54)37-21-13-27-52(37)42(55)38(28-31-14-6-4-7-15-31)51(3)44(56)59-29-32-16-8-5-9-17-32/h4-11,14-18,20,22-25,35,37-38H,12-13,19,21,26-29H2,1-3H3,(H,48,54)(H3,45,46,49)/t35-,37-,38+/m0/s1. The van der Waals surface area contributed by atoms with Crippen molar-refractivity contribution in [3.8, 4) is 0 Å². The largest absolute Gasteiger partial charge is 0.445 e. The summed E-state index contributed by atoms with van der Waals surface area (Å²) in [6, 6.07) is 29.1. The molecule has 2 heterocycles. The first-order chi connectivity index (χ1) is 28.8. The Bertz CT molecular complexity index is 2440. The van der Waals surface area contributed by atoms with E-state index in [0.29, 0.717) is 18.4 Å².